The first-order valence-electron chi connectivity index (χ1n) is 5.78. The SMILES string of the molecule is O=c1c(Br)c[nH]cc1NS(=O)(=O)c1cc(C(F)(F)F)ccc1Cl. The zero-order valence-corrected chi connectivity index (χ0v) is 14.1. The molecule has 0 saturated heterocycles. The normalized spacial score (nSPS) is 12.2. The van der Waals surface area contributed by atoms with Gasteiger partial charge >= 0.3 is 6.18 Å². The fourth-order valence-corrected chi connectivity index (χ4v) is 3.55. The van der Waals surface area contributed by atoms with Gasteiger partial charge < -0.3 is 4.98 Å². The van der Waals surface area contributed by atoms with Crippen molar-refractivity contribution < 1.29 is 21.6 Å². The zero-order chi connectivity index (χ0) is 17.4. The van der Waals surface area contributed by atoms with E-state index in [1.54, 1.807) is 0 Å². The first-order valence-corrected chi connectivity index (χ1v) is 8.44. The molecule has 5 nitrogen and oxygen atoms in total. The lowest BCUT2D eigenvalue weighted by Gasteiger charge is -2.12. The summed E-state index contributed by atoms with van der Waals surface area (Å²) in [6.45, 7) is 0. The van der Waals surface area contributed by atoms with Crippen molar-refractivity contribution in [1.29, 1.82) is 0 Å². The Bertz CT molecular complexity index is 912. The lowest BCUT2D eigenvalue weighted by Crippen LogP contribution is -2.20. The molecule has 0 radical (unpaired) electrons. The van der Waals surface area contributed by atoms with Gasteiger partial charge in [-0.15, -0.1) is 0 Å². The molecule has 2 rings (SSSR count). The number of sulfonamides is 1. The Balaban J connectivity index is 2.52. The van der Waals surface area contributed by atoms with Crippen LogP contribution in [0.5, 0.6) is 0 Å². The van der Waals surface area contributed by atoms with Crippen LogP contribution in [0.2, 0.25) is 5.02 Å². The number of halogens is 5. The van der Waals surface area contributed by atoms with E-state index in [1.165, 1.54) is 6.20 Å². The van der Waals surface area contributed by atoms with E-state index in [0.29, 0.717) is 12.1 Å². The molecule has 0 amide bonds. The van der Waals surface area contributed by atoms with Crippen LogP contribution in [0.25, 0.3) is 0 Å². The molecular formula is C12H7BrClF3N2O3S. The maximum Gasteiger partial charge on any atom is 0.416 e. The zero-order valence-electron chi connectivity index (χ0n) is 10.9. The minimum Gasteiger partial charge on any atom is -0.365 e. The quantitative estimate of drug-likeness (QED) is 0.779. The fraction of sp³-hybridized carbons (Fsp3) is 0.0833. The lowest BCUT2D eigenvalue weighted by molar-refractivity contribution is -0.137. The van der Waals surface area contributed by atoms with Crippen LogP contribution in [-0.2, 0) is 16.2 Å². The van der Waals surface area contributed by atoms with E-state index in [4.69, 9.17) is 11.6 Å². The van der Waals surface area contributed by atoms with Gasteiger partial charge in [-0.2, -0.15) is 13.2 Å². The Morgan fingerprint density at radius 3 is 2.48 bits per heavy atom. The Morgan fingerprint density at radius 2 is 1.87 bits per heavy atom. The molecule has 0 atom stereocenters. The number of anilines is 1. The van der Waals surface area contributed by atoms with Gasteiger partial charge in [0.1, 0.15) is 10.6 Å². The van der Waals surface area contributed by atoms with Crippen molar-refractivity contribution in [2.24, 2.45) is 0 Å². The average molecular weight is 432 g/mol. The Labute approximate surface area is 141 Å². The highest BCUT2D eigenvalue weighted by Crippen LogP contribution is 2.33. The highest BCUT2D eigenvalue weighted by Gasteiger charge is 2.33. The van der Waals surface area contributed by atoms with Gasteiger partial charge in [-0.25, -0.2) is 8.42 Å². The summed E-state index contributed by atoms with van der Waals surface area (Å²) in [7, 11) is -4.49. The molecule has 0 aliphatic heterocycles. The third-order valence-electron chi connectivity index (χ3n) is 2.69. The second-order valence-electron chi connectivity index (χ2n) is 4.29. The largest absolute Gasteiger partial charge is 0.416 e. The molecule has 124 valence electrons. The van der Waals surface area contributed by atoms with Crippen LogP contribution >= 0.6 is 27.5 Å². The lowest BCUT2D eigenvalue weighted by atomic mass is 10.2. The first-order chi connectivity index (χ1) is 10.5. The predicted molar refractivity (Wildman–Crippen MR) is 82.0 cm³/mol. The predicted octanol–water partition coefficient (Wildman–Crippen LogP) is 3.61. The number of benzene rings is 1. The minimum atomic E-state index is -4.73. The number of pyridine rings is 1. The molecule has 1 aromatic carbocycles. The number of alkyl halides is 3. The number of H-pyrrole nitrogens is 1. The van der Waals surface area contributed by atoms with Crippen LogP contribution in [0.15, 0.2) is 44.8 Å². The van der Waals surface area contributed by atoms with Gasteiger partial charge in [0.25, 0.3) is 10.0 Å². The third kappa shape index (κ3) is 3.88. The van der Waals surface area contributed by atoms with E-state index >= 15 is 0 Å². The molecule has 0 unspecified atom stereocenters. The van der Waals surface area contributed by atoms with E-state index < -0.39 is 37.1 Å². The molecule has 23 heavy (non-hydrogen) atoms. The van der Waals surface area contributed by atoms with Crippen LogP contribution in [0.3, 0.4) is 0 Å². The van der Waals surface area contributed by atoms with Crippen LogP contribution in [0.4, 0.5) is 18.9 Å². The first kappa shape index (κ1) is 17.8. The molecule has 2 N–H and O–H groups in total. The molecule has 0 bridgehead atoms. The van der Waals surface area contributed by atoms with Crippen molar-refractivity contribution in [1.82, 2.24) is 4.98 Å². The standard InChI is InChI=1S/C12H7BrClF3N2O3S/c13-7-4-18-5-9(11(7)20)19-23(21,22)10-3-6(12(15,16)17)1-2-8(10)14/h1-5,19H,(H,18,20). The van der Waals surface area contributed by atoms with Crippen LogP contribution in [0, 0.1) is 0 Å². The third-order valence-corrected chi connectivity index (χ3v) is 5.13. The second-order valence-corrected chi connectivity index (χ2v) is 7.21. The van der Waals surface area contributed by atoms with Crippen molar-refractivity contribution in [2.45, 2.75) is 11.1 Å². The highest BCUT2D eigenvalue weighted by molar-refractivity contribution is 9.10. The summed E-state index contributed by atoms with van der Waals surface area (Å²) in [5.74, 6) is 0. The van der Waals surface area contributed by atoms with Crippen LogP contribution in [-0.4, -0.2) is 13.4 Å². The van der Waals surface area contributed by atoms with Crippen molar-refractivity contribution >= 4 is 43.2 Å². The minimum absolute atomic E-state index is 0.0489. The molecule has 1 heterocycles. The van der Waals surface area contributed by atoms with E-state index in [1.807, 2.05) is 4.72 Å². The van der Waals surface area contributed by atoms with Gasteiger partial charge in [-0.05, 0) is 34.1 Å². The Hall–Kier alpha value is -1.52. The Morgan fingerprint density at radius 1 is 1.22 bits per heavy atom. The molecular weight excluding hydrogens is 425 g/mol. The molecule has 0 saturated carbocycles. The van der Waals surface area contributed by atoms with Crippen LogP contribution < -0.4 is 10.2 Å². The molecule has 11 heteroatoms. The molecule has 0 aliphatic rings. The summed E-state index contributed by atoms with van der Waals surface area (Å²) in [5, 5.41) is -0.406. The smallest absolute Gasteiger partial charge is 0.365 e. The van der Waals surface area contributed by atoms with Gasteiger partial charge in [0, 0.05) is 12.4 Å². The second kappa shape index (κ2) is 6.17. The summed E-state index contributed by atoms with van der Waals surface area (Å²) in [4.78, 5) is 13.5. The van der Waals surface area contributed by atoms with Gasteiger partial charge in [0.2, 0.25) is 5.43 Å². The van der Waals surface area contributed by atoms with Gasteiger partial charge in [-0.3, -0.25) is 9.52 Å². The molecule has 0 fully saturated rings. The number of hydrogen-bond donors (Lipinski definition) is 2. The Kier molecular flexibility index (Phi) is 4.79. The average Bonchev–Trinajstić information content (AvgIpc) is 2.42. The number of rotatable bonds is 3. The van der Waals surface area contributed by atoms with Gasteiger partial charge in [0.05, 0.1) is 15.1 Å². The number of aromatic amines is 1. The summed E-state index contributed by atoms with van der Waals surface area (Å²) in [6.07, 6.45) is -2.40. The van der Waals surface area contributed by atoms with Crippen molar-refractivity contribution in [3.05, 3.63) is 55.9 Å². The van der Waals surface area contributed by atoms with E-state index in [2.05, 4.69) is 20.9 Å². The molecule has 0 spiro atoms. The van der Waals surface area contributed by atoms with Gasteiger partial charge in [0.15, 0.2) is 0 Å². The summed E-state index contributed by atoms with van der Waals surface area (Å²) < 4.78 is 64.6. The number of hydrogen-bond acceptors (Lipinski definition) is 3. The van der Waals surface area contributed by atoms with Crippen molar-refractivity contribution in [3.8, 4) is 0 Å². The summed E-state index contributed by atoms with van der Waals surface area (Å²) in [5.41, 5.74) is -2.23. The van der Waals surface area contributed by atoms with Crippen molar-refractivity contribution in [2.75, 3.05) is 4.72 Å². The number of nitrogens with one attached hydrogen (secondary N) is 2. The topological polar surface area (TPSA) is 79.0 Å². The highest BCUT2D eigenvalue weighted by atomic mass is 79.9. The maximum atomic E-state index is 12.7. The number of aromatic nitrogens is 1. The maximum absolute atomic E-state index is 12.7. The fourth-order valence-electron chi connectivity index (χ4n) is 1.62. The summed E-state index contributed by atoms with van der Waals surface area (Å²) >= 11 is 8.60. The molecule has 0 aliphatic carbocycles. The van der Waals surface area contributed by atoms with Crippen LogP contribution in [0.1, 0.15) is 5.56 Å². The monoisotopic (exact) mass is 430 g/mol. The summed E-state index contributed by atoms with van der Waals surface area (Å²) in [6, 6.07) is 1.88. The molecule has 2 aromatic rings. The van der Waals surface area contributed by atoms with E-state index in [0.717, 1.165) is 12.3 Å². The van der Waals surface area contributed by atoms with Gasteiger partial charge in [-0.1, -0.05) is 11.6 Å². The van der Waals surface area contributed by atoms with E-state index in [9.17, 15) is 26.4 Å². The van der Waals surface area contributed by atoms with E-state index in [-0.39, 0.29) is 10.2 Å². The molecule has 1 aromatic heterocycles. The van der Waals surface area contributed by atoms with Crippen molar-refractivity contribution in [3.63, 3.8) is 0 Å².